The van der Waals surface area contributed by atoms with Crippen LogP contribution in [0, 0.1) is 13.8 Å². The SMILES string of the molecule is Cc1nc(C)c(C(=O)N/N=C\c2ccc(O)cc2O)cc1C(=O)N/N=C\c1ccc(O)cc1O. The molecular weight excluding hydrogens is 442 g/mol. The predicted octanol–water partition coefficient (Wildman–Crippen LogP) is 2.05. The number of benzene rings is 2. The molecule has 11 nitrogen and oxygen atoms in total. The van der Waals surface area contributed by atoms with E-state index in [4.69, 9.17) is 0 Å². The van der Waals surface area contributed by atoms with Crippen LogP contribution in [-0.2, 0) is 0 Å². The van der Waals surface area contributed by atoms with Crippen molar-refractivity contribution < 1.29 is 30.0 Å². The summed E-state index contributed by atoms with van der Waals surface area (Å²) in [5, 5.41) is 45.7. The second-order valence-corrected chi connectivity index (χ2v) is 7.14. The van der Waals surface area contributed by atoms with Gasteiger partial charge in [0.2, 0.25) is 0 Å². The molecule has 6 N–H and O–H groups in total. The van der Waals surface area contributed by atoms with Gasteiger partial charge in [0, 0.05) is 23.3 Å². The van der Waals surface area contributed by atoms with Crippen molar-refractivity contribution in [1.82, 2.24) is 15.8 Å². The number of nitrogens with zero attached hydrogens (tertiary/aromatic N) is 3. The molecule has 0 spiro atoms. The smallest absolute Gasteiger partial charge is 0.273 e. The Hall–Kier alpha value is -4.93. The maximum Gasteiger partial charge on any atom is 0.273 e. The molecule has 1 heterocycles. The van der Waals surface area contributed by atoms with Gasteiger partial charge in [-0.15, -0.1) is 0 Å². The van der Waals surface area contributed by atoms with E-state index in [0.29, 0.717) is 11.4 Å². The molecule has 1 aromatic heterocycles. The van der Waals surface area contributed by atoms with Gasteiger partial charge in [0.1, 0.15) is 23.0 Å². The van der Waals surface area contributed by atoms with Crippen LogP contribution in [0.2, 0.25) is 0 Å². The summed E-state index contributed by atoms with van der Waals surface area (Å²) in [4.78, 5) is 29.4. The van der Waals surface area contributed by atoms with Crippen molar-refractivity contribution in [2.24, 2.45) is 10.2 Å². The Bertz CT molecular complexity index is 1220. The van der Waals surface area contributed by atoms with Crippen molar-refractivity contribution in [3.05, 3.63) is 76.1 Å². The van der Waals surface area contributed by atoms with Gasteiger partial charge >= 0.3 is 0 Å². The minimum Gasteiger partial charge on any atom is -0.508 e. The third-order valence-corrected chi connectivity index (χ3v) is 4.66. The molecule has 0 fully saturated rings. The topological polar surface area (TPSA) is 177 Å². The van der Waals surface area contributed by atoms with Crippen molar-refractivity contribution in [3.8, 4) is 23.0 Å². The van der Waals surface area contributed by atoms with Crippen LogP contribution < -0.4 is 10.9 Å². The Morgan fingerprint density at radius 1 is 0.735 bits per heavy atom. The molecule has 3 rings (SSSR count). The molecular formula is C23H21N5O6. The number of hydrogen-bond acceptors (Lipinski definition) is 9. The monoisotopic (exact) mass is 463 g/mol. The van der Waals surface area contributed by atoms with E-state index < -0.39 is 11.8 Å². The summed E-state index contributed by atoms with van der Waals surface area (Å²) < 4.78 is 0. The number of phenolic OH excluding ortho intramolecular Hbond substituents is 4. The van der Waals surface area contributed by atoms with Gasteiger partial charge in [-0.3, -0.25) is 14.6 Å². The van der Waals surface area contributed by atoms with Crippen molar-refractivity contribution in [1.29, 1.82) is 0 Å². The largest absolute Gasteiger partial charge is 0.508 e. The molecule has 0 aliphatic rings. The number of phenols is 4. The number of carbonyl (C=O) groups is 2. The van der Waals surface area contributed by atoms with E-state index in [2.05, 4.69) is 26.0 Å². The number of pyridine rings is 1. The average Bonchev–Trinajstić information content (AvgIpc) is 2.76. The average molecular weight is 463 g/mol. The van der Waals surface area contributed by atoms with Crippen LogP contribution in [-0.4, -0.2) is 49.7 Å². The molecule has 0 aliphatic carbocycles. The number of aromatic hydroxyl groups is 4. The Kier molecular flexibility index (Phi) is 7.07. The molecule has 3 aromatic rings. The summed E-state index contributed by atoms with van der Waals surface area (Å²) in [5.74, 6) is -1.93. The van der Waals surface area contributed by atoms with E-state index in [9.17, 15) is 30.0 Å². The lowest BCUT2D eigenvalue weighted by Crippen LogP contribution is -2.23. The molecule has 0 atom stereocenters. The second-order valence-electron chi connectivity index (χ2n) is 7.14. The zero-order chi connectivity index (χ0) is 24.8. The molecule has 2 aromatic carbocycles. The lowest BCUT2D eigenvalue weighted by atomic mass is 10.1. The molecule has 0 aliphatic heterocycles. The van der Waals surface area contributed by atoms with E-state index >= 15 is 0 Å². The van der Waals surface area contributed by atoms with Crippen LogP contribution >= 0.6 is 0 Å². The van der Waals surface area contributed by atoms with Gasteiger partial charge in [-0.05, 0) is 44.2 Å². The highest BCUT2D eigenvalue weighted by Gasteiger charge is 2.17. The van der Waals surface area contributed by atoms with Gasteiger partial charge in [-0.2, -0.15) is 10.2 Å². The van der Waals surface area contributed by atoms with Gasteiger partial charge in [-0.1, -0.05) is 0 Å². The number of aromatic nitrogens is 1. The third-order valence-electron chi connectivity index (χ3n) is 4.66. The Labute approximate surface area is 193 Å². The quantitative estimate of drug-likeness (QED) is 0.239. The summed E-state index contributed by atoms with van der Waals surface area (Å²) in [6.07, 6.45) is 2.40. The fraction of sp³-hybridized carbons (Fsp3) is 0.0870. The van der Waals surface area contributed by atoms with E-state index in [1.165, 1.54) is 42.8 Å². The molecule has 11 heteroatoms. The molecule has 0 saturated heterocycles. The first-order valence-electron chi connectivity index (χ1n) is 9.84. The highest BCUT2D eigenvalue weighted by Crippen LogP contribution is 2.21. The highest BCUT2D eigenvalue weighted by atomic mass is 16.3. The number of amides is 2. The number of rotatable bonds is 6. The number of hydrogen-bond donors (Lipinski definition) is 6. The van der Waals surface area contributed by atoms with Gasteiger partial charge in [-0.25, -0.2) is 10.9 Å². The maximum atomic E-state index is 12.6. The molecule has 2 amide bonds. The van der Waals surface area contributed by atoms with Crippen LogP contribution in [0.5, 0.6) is 23.0 Å². The van der Waals surface area contributed by atoms with Crippen molar-refractivity contribution in [2.45, 2.75) is 13.8 Å². The van der Waals surface area contributed by atoms with Crippen LogP contribution in [0.25, 0.3) is 0 Å². The van der Waals surface area contributed by atoms with Crippen LogP contribution in [0.4, 0.5) is 0 Å². The molecule has 34 heavy (non-hydrogen) atoms. The van der Waals surface area contributed by atoms with Gasteiger partial charge in [0.25, 0.3) is 11.8 Å². The molecule has 0 radical (unpaired) electrons. The maximum absolute atomic E-state index is 12.6. The number of hydrazone groups is 2. The normalized spacial score (nSPS) is 11.1. The number of carbonyl (C=O) groups excluding carboxylic acids is 2. The summed E-state index contributed by atoms with van der Waals surface area (Å²) in [7, 11) is 0. The minimum absolute atomic E-state index is 0.1000. The van der Waals surface area contributed by atoms with Gasteiger partial charge in [0.05, 0.1) is 34.9 Å². The highest BCUT2D eigenvalue weighted by molar-refractivity contribution is 6.01. The van der Waals surface area contributed by atoms with E-state index in [-0.39, 0.29) is 45.3 Å². The number of aryl methyl sites for hydroxylation is 2. The van der Waals surface area contributed by atoms with Crippen molar-refractivity contribution >= 4 is 24.2 Å². The standard InChI is InChI=1S/C23H21N5O6/c1-12-18(22(33)27-24-10-14-3-5-16(29)7-20(14)31)9-19(13(2)26-12)23(34)28-25-11-15-4-6-17(30)8-21(15)32/h3-11,29-32H,1-2H3,(H,27,33)(H,28,34)/b24-10-,25-11-. The molecule has 0 unspecified atom stereocenters. The number of nitrogens with one attached hydrogen (secondary N) is 2. The Morgan fingerprint density at radius 3 is 1.53 bits per heavy atom. The summed E-state index contributed by atoms with van der Waals surface area (Å²) in [5.41, 5.74) is 6.08. The van der Waals surface area contributed by atoms with E-state index in [0.717, 1.165) is 12.1 Å². The lowest BCUT2D eigenvalue weighted by molar-refractivity contribution is 0.0954. The molecule has 174 valence electrons. The lowest BCUT2D eigenvalue weighted by Gasteiger charge is -2.09. The zero-order valence-corrected chi connectivity index (χ0v) is 18.1. The minimum atomic E-state index is -0.633. The zero-order valence-electron chi connectivity index (χ0n) is 18.1. The first-order valence-corrected chi connectivity index (χ1v) is 9.84. The summed E-state index contributed by atoms with van der Waals surface area (Å²) in [6, 6.07) is 9.16. The first kappa shape index (κ1) is 23.7. The Morgan fingerprint density at radius 2 is 1.15 bits per heavy atom. The fourth-order valence-electron chi connectivity index (χ4n) is 2.91. The second kappa shape index (κ2) is 10.1. The third kappa shape index (κ3) is 5.65. The van der Waals surface area contributed by atoms with E-state index in [1.807, 2.05) is 0 Å². The van der Waals surface area contributed by atoms with E-state index in [1.54, 1.807) is 13.8 Å². The van der Waals surface area contributed by atoms with Crippen LogP contribution in [0.1, 0.15) is 43.2 Å². The van der Waals surface area contributed by atoms with Crippen molar-refractivity contribution in [3.63, 3.8) is 0 Å². The summed E-state index contributed by atoms with van der Waals surface area (Å²) >= 11 is 0. The van der Waals surface area contributed by atoms with Crippen LogP contribution in [0.3, 0.4) is 0 Å². The molecule has 0 saturated carbocycles. The summed E-state index contributed by atoms with van der Waals surface area (Å²) in [6.45, 7) is 3.20. The molecule has 0 bridgehead atoms. The van der Waals surface area contributed by atoms with Gasteiger partial charge < -0.3 is 20.4 Å². The Balaban J connectivity index is 1.73. The van der Waals surface area contributed by atoms with Crippen LogP contribution in [0.15, 0.2) is 52.7 Å². The fourth-order valence-corrected chi connectivity index (χ4v) is 2.91. The predicted molar refractivity (Wildman–Crippen MR) is 123 cm³/mol. The first-order chi connectivity index (χ1) is 16.2. The van der Waals surface area contributed by atoms with Crippen molar-refractivity contribution in [2.75, 3.05) is 0 Å². The van der Waals surface area contributed by atoms with Gasteiger partial charge in [0.15, 0.2) is 0 Å².